The number of halogens is 2. The molecule has 0 unspecified atom stereocenters. The predicted molar refractivity (Wildman–Crippen MR) is 193 cm³/mol. The van der Waals surface area contributed by atoms with Crippen molar-refractivity contribution in [3.8, 4) is 22.1 Å². The van der Waals surface area contributed by atoms with Crippen LogP contribution in [0.25, 0.3) is 20.7 Å². The molecule has 1 N–H and O–H groups in total. The van der Waals surface area contributed by atoms with Crippen molar-refractivity contribution in [2.75, 3.05) is 18.6 Å². The summed E-state index contributed by atoms with van der Waals surface area (Å²) in [5.74, 6) is -4.20. The number of nitrogens with zero attached hydrogens (tertiary/aromatic N) is 4. The highest BCUT2D eigenvalue weighted by Gasteiger charge is 2.68. The van der Waals surface area contributed by atoms with E-state index in [2.05, 4.69) is 15.9 Å². The molecule has 6 atom stereocenters. The zero-order valence-corrected chi connectivity index (χ0v) is 31.1. The number of fused-ring (bicyclic) bond motifs is 5. The van der Waals surface area contributed by atoms with Crippen LogP contribution in [0.2, 0.25) is 5.02 Å². The number of hydrogen-bond donors (Lipinski definition) is 1. The average Bonchev–Trinajstić information content (AvgIpc) is 3.75. The second-order valence-electron chi connectivity index (χ2n) is 13.8. The number of phenols is 1. The third kappa shape index (κ3) is 4.40. The first-order valence-corrected chi connectivity index (χ1v) is 18.5. The molecule has 1 saturated carbocycles. The number of anilines is 1. The number of amides is 4. The number of thiophene rings is 1. The van der Waals surface area contributed by atoms with Crippen LogP contribution in [0.15, 0.2) is 52.5 Å². The SMILES string of the molecule is CCN1C(=O)[C@H]2[C@H](CC=C3[C@H]2C[C@H]2C(=O)N(c4cc(-c5sc6ccc(Cl)cc6c5C)nn4C)C(=O)[C@@]2(C)[C@H]3c2cc(Br)cc(OC)c2O)C1=O. The van der Waals surface area contributed by atoms with E-state index < -0.39 is 46.8 Å². The molecule has 4 heterocycles. The summed E-state index contributed by atoms with van der Waals surface area (Å²) in [5.41, 5.74) is 1.47. The average molecular weight is 778 g/mol. The van der Waals surface area contributed by atoms with E-state index in [-0.39, 0.29) is 36.3 Å². The molecular weight excluding hydrogens is 744 g/mol. The summed E-state index contributed by atoms with van der Waals surface area (Å²) in [4.78, 5) is 60.4. The quantitative estimate of drug-likeness (QED) is 0.171. The van der Waals surface area contributed by atoms with Crippen LogP contribution in [0.3, 0.4) is 0 Å². The summed E-state index contributed by atoms with van der Waals surface area (Å²) in [7, 11) is 3.16. The standard InChI is InChI=1S/C37H34BrClN4O6S/c1-6-42-33(45)20-9-8-19-22(29(20)35(42)47)14-24-34(46)43(36(48)37(24,3)30(19)23-11-17(38)12-26(49-5)31(23)44)28-15-25(40-41(28)4)32-16(2)21-13-18(39)7-10-27(21)50-32/h7-8,10-13,15,20,22,24,29-30,44H,6,9,14H2,1-5H3/t20-,22+,24-,29-,30+,37+/m0/s1. The molecule has 258 valence electrons. The fraction of sp³-hybridized carbons (Fsp3) is 0.378. The summed E-state index contributed by atoms with van der Waals surface area (Å²) in [6.45, 7) is 5.83. The molecule has 2 saturated heterocycles. The van der Waals surface area contributed by atoms with Crippen LogP contribution in [0.1, 0.15) is 43.7 Å². The van der Waals surface area contributed by atoms with Crippen molar-refractivity contribution in [1.29, 1.82) is 0 Å². The summed E-state index contributed by atoms with van der Waals surface area (Å²) >= 11 is 11.4. The predicted octanol–water partition coefficient (Wildman–Crippen LogP) is 6.99. The summed E-state index contributed by atoms with van der Waals surface area (Å²) in [6, 6.07) is 10.9. The van der Waals surface area contributed by atoms with Crippen molar-refractivity contribution in [3.63, 3.8) is 0 Å². The number of aromatic nitrogens is 2. The van der Waals surface area contributed by atoms with Gasteiger partial charge >= 0.3 is 0 Å². The first-order chi connectivity index (χ1) is 23.8. The second kappa shape index (κ2) is 11.5. The lowest BCUT2D eigenvalue weighted by Gasteiger charge is -2.49. The van der Waals surface area contributed by atoms with Gasteiger partial charge in [0.05, 0.1) is 35.2 Å². The fourth-order valence-corrected chi connectivity index (χ4v) is 10.9. The molecule has 4 amide bonds. The zero-order valence-electron chi connectivity index (χ0n) is 28.0. The van der Waals surface area contributed by atoms with E-state index in [4.69, 9.17) is 21.4 Å². The number of likely N-dealkylation sites (tertiary alicyclic amines) is 1. The van der Waals surface area contributed by atoms with Gasteiger partial charge in [0.1, 0.15) is 11.5 Å². The lowest BCUT2D eigenvalue weighted by molar-refractivity contribution is -0.140. The Morgan fingerprint density at radius 2 is 1.86 bits per heavy atom. The molecule has 2 aliphatic heterocycles. The van der Waals surface area contributed by atoms with E-state index in [0.717, 1.165) is 26.1 Å². The Balaban J connectivity index is 1.28. The lowest BCUT2D eigenvalue weighted by Crippen LogP contribution is -2.49. The maximum Gasteiger partial charge on any atom is 0.242 e. The molecule has 0 radical (unpaired) electrons. The number of carbonyl (C=O) groups excluding carboxylic acids is 4. The molecule has 2 aromatic carbocycles. The molecule has 50 heavy (non-hydrogen) atoms. The van der Waals surface area contributed by atoms with Gasteiger partial charge in [0.15, 0.2) is 11.5 Å². The number of phenolic OH excluding ortho intramolecular Hbond substituents is 1. The number of allylic oxidation sites excluding steroid dienone is 2. The van der Waals surface area contributed by atoms with Gasteiger partial charge in [-0.15, -0.1) is 11.3 Å². The summed E-state index contributed by atoms with van der Waals surface area (Å²) in [6.07, 6.45) is 2.51. The maximum atomic E-state index is 15.0. The van der Waals surface area contributed by atoms with Gasteiger partial charge in [-0.1, -0.05) is 39.2 Å². The van der Waals surface area contributed by atoms with E-state index in [1.807, 2.05) is 31.2 Å². The largest absolute Gasteiger partial charge is 0.504 e. The molecule has 0 spiro atoms. The number of aryl methyl sites for hydroxylation is 2. The van der Waals surface area contributed by atoms with E-state index in [1.165, 1.54) is 16.9 Å². The zero-order chi connectivity index (χ0) is 35.5. The molecular formula is C37H34BrClN4O6S. The normalized spacial score (nSPS) is 27.6. The van der Waals surface area contributed by atoms with Crippen molar-refractivity contribution in [1.82, 2.24) is 14.7 Å². The van der Waals surface area contributed by atoms with Crippen molar-refractivity contribution in [2.24, 2.45) is 36.1 Å². The third-order valence-corrected chi connectivity index (χ3v) is 13.5. The number of methoxy groups -OCH3 is 1. The van der Waals surface area contributed by atoms with Crippen molar-refractivity contribution in [3.05, 3.63) is 68.7 Å². The molecule has 13 heteroatoms. The Morgan fingerprint density at radius 3 is 2.58 bits per heavy atom. The highest BCUT2D eigenvalue weighted by Crippen LogP contribution is 2.65. The van der Waals surface area contributed by atoms with Gasteiger partial charge in [-0.25, -0.2) is 4.90 Å². The Morgan fingerprint density at radius 1 is 1.10 bits per heavy atom. The number of imide groups is 2. The molecule has 8 rings (SSSR count). The highest BCUT2D eigenvalue weighted by atomic mass is 79.9. The van der Waals surface area contributed by atoms with E-state index in [9.17, 15) is 19.5 Å². The van der Waals surface area contributed by atoms with Crippen LogP contribution in [0.5, 0.6) is 11.5 Å². The van der Waals surface area contributed by atoms with Crippen LogP contribution in [-0.2, 0) is 26.2 Å². The minimum atomic E-state index is -1.35. The van der Waals surface area contributed by atoms with Crippen LogP contribution < -0.4 is 9.64 Å². The van der Waals surface area contributed by atoms with Crippen LogP contribution >= 0.6 is 38.9 Å². The lowest BCUT2D eigenvalue weighted by atomic mass is 9.51. The highest BCUT2D eigenvalue weighted by molar-refractivity contribution is 9.10. The van der Waals surface area contributed by atoms with E-state index >= 15 is 4.79 Å². The summed E-state index contributed by atoms with van der Waals surface area (Å²) < 4.78 is 8.74. The summed E-state index contributed by atoms with van der Waals surface area (Å²) in [5, 5.41) is 18.1. The fourth-order valence-electron chi connectivity index (χ4n) is 9.14. The van der Waals surface area contributed by atoms with Crippen LogP contribution in [-0.4, -0.2) is 57.1 Å². The smallest absolute Gasteiger partial charge is 0.242 e. The van der Waals surface area contributed by atoms with Crippen LogP contribution in [0, 0.1) is 36.0 Å². The molecule has 2 aromatic heterocycles. The monoisotopic (exact) mass is 776 g/mol. The Hall–Kier alpha value is -4.00. The Labute approximate surface area is 305 Å². The minimum Gasteiger partial charge on any atom is -0.504 e. The topological polar surface area (TPSA) is 122 Å². The van der Waals surface area contributed by atoms with Gasteiger partial charge in [0.2, 0.25) is 23.6 Å². The van der Waals surface area contributed by atoms with E-state index in [1.54, 1.807) is 55.1 Å². The number of hydrogen-bond acceptors (Lipinski definition) is 8. The molecule has 10 nitrogen and oxygen atoms in total. The first kappa shape index (κ1) is 33.2. The van der Waals surface area contributed by atoms with Crippen molar-refractivity contribution in [2.45, 2.75) is 39.5 Å². The van der Waals surface area contributed by atoms with Crippen molar-refractivity contribution < 1.29 is 29.0 Å². The van der Waals surface area contributed by atoms with Crippen molar-refractivity contribution >= 4 is 78.4 Å². The second-order valence-corrected chi connectivity index (χ2v) is 16.2. The third-order valence-electron chi connectivity index (χ3n) is 11.5. The maximum absolute atomic E-state index is 15.0. The number of benzene rings is 2. The molecule has 0 bridgehead atoms. The Kier molecular flexibility index (Phi) is 7.63. The Bertz CT molecular complexity index is 2230. The number of carbonyl (C=O) groups is 4. The first-order valence-electron chi connectivity index (χ1n) is 16.5. The van der Waals surface area contributed by atoms with Crippen LogP contribution in [0.4, 0.5) is 5.82 Å². The molecule has 3 fully saturated rings. The van der Waals surface area contributed by atoms with Gasteiger partial charge in [0.25, 0.3) is 0 Å². The number of aromatic hydroxyl groups is 1. The van der Waals surface area contributed by atoms with Gasteiger partial charge in [0, 0.05) is 45.3 Å². The molecule has 4 aromatic rings. The van der Waals surface area contributed by atoms with Gasteiger partial charge < -0.3 is 9.84 Å². The van der Waals surface area contributed by atoms with Gasteiger partial charge in [-0.05, 0) is 80.8 Å². The molecule has 2 aliphatic carbocycles. The van der Waals surface area contributed by atoms with Gasteiger partial charge in [-0.3, -0.25) is 28.8 Å². The van der Waals surface area contributed by atoms with E-state index in [0.29, 0.717) is 33.0 Å². The van der Waals surface area contributed by atoms with Gasteiger partial charge in [-0.2, -0.15) is 5.10 Å². The minimum absolute atomic E-state index is 0.143. The number of ether oxygens (including phenoxy) is 1. The number of rotatable bonds is 5. The molecule has 4 aliphatic rings.